The van der Waals surface area contributed by atoms with Gasteiger partial charge in [0, 0.05) is 31.8 Å². The van der Waals surface area contributed by atoms with Gasteiger partial charge >= 0.3 is 0 Å². The van der Waals surface area contributed by atoms with Gasteiger partial charge in [-0.2, -0.15) is 0 Å². The highest BCUT2D eigenvalue weighted by atomic mass is 19.1. The molecule has 2 aromatic rings. The molecule has 3 heterocycles. The largest absolute Gasteiger partial charge is 0.488 e. The monoisotopic (exact) mass is 345 g/mol. The van der Waals surface area contributed by atoms with Gasteiger partial charge in [-0.05, 0) is 34.0 Å². The predicted octanol–water partition coefficient (Wildman–Crippen LogP) is 2.35. The molecule has 1 atom stereocenters. The summed E-state index contributed by atoms with van der Waals surface area (Å²) in [5.41, 5.74) is 1.35. The van der Waals surface area contributed by atoms with E-state index >= 15 is 0 Å². The molecule has 0 saturated carbocycles. The first kappa shape index (κ1) is 17.5. The van der Waals surface area contributed by atoms with E-state index in [1.165, 1.54) is 0 Å². The van der Waals surface area contributed by atoms with Crippen LogP contribution >= 0.6 is 0 Å². The van der Waals surface area contributed by atoms with Crippen molar-refractivity contribution in [2.24, 2.45) is 0 Å². The number of hydrogen-bond donors (Lipinski definition) is 0. The lowest BCUT2D eigenvalue weighted by Crippen LogP contribution is -2.27. The Hall–Kier alpha value is -2.28. The Bertz CT molecular complexity index is 752. The number of hydrogen-bond acceptors (Lipinski definition) is 6. The number of anilines is 1. The molecule has 0 spiro atoms. The van der Waals surface area contributed by atoms with Crippen LogP contribution in [0.15, 0.2) is 18.3 Å². The molecular formula is C18H24FN5O. The van der Waals surface area contributed by atoms with Crippen molar-refractivity contribution in [1.82, 2.24) is 19.9 Å². The van der Waals surface area contributed by atoms with Gasteiger partial charge in [0.1, 0.15) is 17.7 Å². The molecule has 134 valence electrons. The summed E-state index contributed by atoms with van der Waals surface area (Å²) in [6.45, 7) is 5.54. The zero-order valence-electron chi connectivity index (χ0n) is 15.2. The zero-order valence-corrected chi connectivity index (χ0v) is 15.2. The van der Waals surface area contributed by atoms with Gasteiger partial charge in [0.25, 0.3) is 0 Å². The first-order valence-electron chi connectivity index (χ1n) is 8.44. The summed E-state index contributed by atoms with van der Waals surface area (Å²) in [4.78, 5) is 16.7. The standard InChI is InChI=1S/C18H24FN5O/c1-12-17(19)18(22-13(2)21-12)24-8-6-16(11-24)25-15-5-7-20-14(9-15)10-23(3)4/h5,7,9,16H,6,8,10-11H2,1-4H3. The summed E-state index contributed by atoms with van der Waals surface area (Å²) in [5.74, 6) is 1.41. The predicted molar refractivity (Wildman–Crippen MR) is 94.3 cm³/mol. The summed E-state index contributed by atoms with van der Waals surface area (Å²) in [6, 6.07) is 3.82. The number of rotatable bonds is 5. The highest BCUT2D eigenvalue weighted by molar-refractivity contribution is 5.43. The van der Waals surface area contributed by atoms with Crippen LogP contribution in [-0.4, -0.2) is 53.1 Å². The Balaban J connectivity index is 1.68. The number of aryl methyl sites for hydroxylation is 2. The third kappa shape index (κ3) is 4.22. The Kier molecular flexibility index (Phi) is 5.13. The van der Waals surface area contributed by atoms with Gasteiger partial charge in [0.2, 0.25) is 0 Å². The molecule has 0 aromatic carbocycles. The second-order valence-corrected chi connectivity index (χ2v) is 6.69. The third-order valence-corrected chi connectivity index (χ3v) is 4.12. The molecule has 1 aliphatic rings. The van der Waals surface area contributed by atoms with Crippen molar-refractivity contribution in [2.75, 3.05) is 32.1 Å². The van der Waals surface area contributed by atoms with Gasteiger partial charge in [0.05, 0.1) is 17.9 Å². The molecule has 0 aliphatic carbocycles. The smallest absolute Gasteiger partial charge is 0.186 e. The molecule has 0 radical (unpaired) electrons. The van der Waals surface area contributed by atoms with Crippen LogP contribution < -0.4 is 9.64 Å². The lowest BCUT2D eigenvalue weighted by atomic mass is 10.3. The highest BCUT2D eigenvalue weighted by Gasteiger charge is 2.28. The average molecular weight is 345 g/mol. The maximum Gasteiger partial charge on any atom is 0.186 e. The molecule has 0 N–H and O–H groups in total. The fourth-order valence-electron chi connectivity index (χ4n) is 3.04. The summed E-state index contributed by atoms with van der Waals surface area (Å²) in [6.07, 6.45) is 2.59. The van der Waals surface area contributed by atoms with E-state index in [2.05, 4.69) is 19.9 Å². The van der Waals surface area contributed by atoms with Crippen LogP contribution in [0.25, 0.3) is 0 Å². The van der Waals surface area contributed by atoms with Crippen LogP contribution in [0.1, 0.15) is 23.6 Å². The molecule has 1 unspecified atom stereocenters. The van der Waals surface area contributed by atoms with Gasteiger partial charge in [-0.1, -0.05) is 0 Å². The Morgan fingerprint density at radius 2 is 2.12 bits per heavy atom. The molecule has 1 aliphatic heterocycles. The molecule has 7 heteroatoms. The van der Waals surface area contributed by atoms with E-state index < -0.39 is 0 Å². The van der Waals surface area contributed by atoms with Gasteiger partial charge in [-0.3, -0.25) is 4.98 Å². The van der Waals surface area contributed by atoms with Crippen LogP contribution in [0.4, 0.5) is 10.2 Å². The summed E-state index contributed by atoms with van der Waals surface area (Å²) in [7, 11) is 4.01. The number of ether oxygens (including phenoxy) is 1. The van der Waals surface area contributed by atoms with E-state index in [4.69, 9.17) is 4.74 Å². The van der Waals surface area contributed by atoms with Crippen molar-refractivity contribution in [1.29, 1.82) is 0 Å². The number of aromatic nitrogens is 3. The summed E-state index contributed by atoms with van der Waals surface area (Å²) in [5, 5.41) is 0. The molecule has 25 heavy (non-hydrogen) atoms. The van der Waals surface area contributed by atoms with E-state index in [-0.39, 0.29) is 11.9 Å². The number of pyridine rings is 1. The Labute approximate surface area is 147 Å². The maximum atomic E-state index is 14.3. The maximum absolute atomic E-state index is 14.3. The molecule has 1 saturated heterocycles. The second kappa shape index (κ2) is 7.31. The molecule has 3 rings (SSSR count). The van der Waals surface area contributed by atoms with E-state index in [0.29, 0.717) is 30.4 Å². The first-order valence-corrected chi connectivity index (χ1v) is 8.44. The highest BCUT2D eigenvalue weighted by Crippen LogP contribution is 2.25. The molecule has 6 nitrogen and oxygen atoms in total. The van der Waals surface area contributed by atoms with Crippen molar-refractivity contribution >= 4 is 5.82 Å². The number of nitrogens with zero attached hydrogens (tertiary/aromatic N) is 5. The minimum Gasteiger partial charge on any atom is -0.488 e. The van der Waals surface area contributed by atoms with Crippen molar-refractivity contribution in [2.45, 2.75) is 32.9 Å². The molecule has 0 bridgehead atoms. The molecule has 0 amide bonds. The zero-order chi connectivity index (χ0) is 18.0. The minimum absolute atomic E-state index is 0.00424. The fraction of sp³-hybridized carbons (Fsp3) is 0.500. The van der Waals surface area contributed by atoms with E-state index in [1.807, 2.05) is 31.1 Å². The van der Waals surface area contributed by atoms with Gasteiger partial charge in [-0.15, -0.1) is 0 Å². The number of halogens is 1. The van der Waals surface area contributed by atoms with Gasteiger partial charge < -0.3 is 14.5 Å². The Morgan fingerprint density at radius 1 is 1.32 bits per heavy atom. The topological polar surface area (TPSA) is 54.4 Å². The fourth-order valence-corrected chi connectivity index (χ4v) is 3.04. The van der Waals surface area contributed by atoms with E-state index in [0.717, 1.165) is 24.4 Å². The van der Waals surface area contributed by atoms with Crippen molar-refractivity contribution in [3.63, 3.8) is 0 Å². The quantitative estimate of drug-likeness (QED) is 0.829. The van der Waals surface area contributed by atoms with Gasteiger partial charge in [0.15, 0.2) is 11.6 Å². The van der Waals surface area contributed by atoms with Crippen molar-refractivity contribution in [3.05, 3.63) is 41.4 Å². The SMILES string of the molecule is Cc1nc(C)c(F)c(N2CCC(Oc3ccnc(CN(C)C)c3)C2)n1. The van der Waals surface area contributed by atoms with E-state index in [1.54, 1.807) is 20.0 Å². The molecule has 2 aromatic heterocycles. The van der Waals surface area contributed by atoms with E-state index in [9.17, 15) is 4.39 Å². The summed E-state index contributed by atoms with van der Waals surface area (Å²) >= 11 is 0. The molecule has 1 fully saturated rings. The van der Waals surface area contributed by atoms with Crippen LogP contribution in [0.2, 0.25) is 0 Å². The summed E-state index contributed by atoms with van der Waals surface area (Å²) < 4.78 is 20.4. The van der Waals surface area contributed by atoms with Crippen LogP contribution in [0.3, 0.4) is 0 Å². The average Bonchev–Trinajstić information content (AvgIpc) is 2.99. The van der Waals surface area contributed by atoms with Gasteiger partial charge in [-0.25, -0.2) is 14.4 Å². The van der Waals surface area contributed by atoms with Crippen molar-refractivity contribution < 1.29 is 9.13 Å². The van der Waals surface area contributed by atoms with Crippen LogP contribution in [-0.2, 0) is 6.54 Å². The second-order valence-electron chi connectivity index (χ2n) is 6.69. The minimum atomic E-state index is -0.344. The third-order valence-electron chi connectivity index (χ3n) is 4.12. The normalized spacial score (nSPS) is 17.4. The lowest BCUT2D eigenvalue weighted by Gasteiger charge is -2.19. The first-order chi connectivity index (χ1) is 11.9. The van der Waals surface area contributed by atoms with Crippen molar-refractivity contribution in [3.8, 4) is 5.75 Å². The lowest BCUT2D eigenvalue weighted by molar-refractivity contribution is 0.224. The van der Waals surface area contributed by atoms with Crippen LogP contribution in [0, 0.1) is 19.7 Å². The molecular weight excluding hydrogens is 321 g/mol. The van der Waals surface area contributed by atoms with Crippen LogP contribution in [0.5, 0.6) is 5.75 Å². The Morgan fingerprint density at radius 3 is 2.88 bits per heavy atom.